The molecule has 0 saturated carbocycles. The third-order valence-electron chi connectivity index (χ3n) is 5.79. The summed E-state index contributed by atoms with van der Waals surface area (Å²) in [6.45, 7) is 4.11. The highest BCUT2D eigenvalue weighted by molar-refractivity contribution is 5.85. The first-order chi connectivity index (χ1) is 12.2. The molecule has 0 bridgehead atoms. The van der Waals surface area contributed by atoms with Gasteiger partial charge in [0.15, 0.2) is 0 Å². The monoisotopic (exact) mass is 374 g/mol. The third kappa shape index (κ3) is 4.10. The minimum atomic E-state index is 0. The zero-order valence-electron chi connectivity index (χ0n) is 15.1. The lowest BCUT2D eigenvalue weighted by Crippen LogP contribution is -2.44. The van der Waals surface area contributed by atoms with Gasteiger partial charge in [0, 0.05) is 32.3 Å². The van der Waals surface area contributed by atoms with E-state index in [0.717, 1.165) is 56.7 Å². The third-order valence-corrected chi connectivity index (χ3v) is 5.79. The first-order valence-corrected chi connectivity index (χ1v) is 9.32. The minimum absolute atomic E-state index is 0. The van der Waals surface area contributed by atoms with Crippen LogP contribution in [0.3, 0.4) is 0 Å². The molecule has 0 aliphatic carbocycles. The fraction of sp³-hybridized carbons (Fsp3) is 0.500. The number of nitrogens with zero attached hydrogens (tertiary/aromatic N) is 3. The number of benzene rings is 1. The van der Waals surface area contributed by atoms with Crippen molar-refractivity contribution in [2.75, 3.05) is 26.2 Å². The Morgan fingerprint density at radius 3 is 2.62 bits per heavy atom. The van der Waals surface area contributed by atoms with E-state index < -0.39 is 0 Å². The van der Waals surface area contributed by atoms with Gasteiger partial charge in [-0.2, -0.15) is 5.10 Å². The molecule has 1 amide bonds. The number of hydrogen-bond acceptors (Lipinski definition) is 3. The van der Waals surface area contributed by atoms with Crippen molar-refractivity contribution in [2.45, 2.75) is 32.1 Å². The van der Waals surface area contributed by atoms with Crippen molar-refractivity contribution < 1.29 is 4.79 Å². The molecule has 2 fully saturated rings. The fourth-order valence-corrected chi connectivity index (χ4v) is 4.07. The number of rotatable bonds is 4. The van der Waals surface area contributed by atoms with Gasteiger partial charge in [-0.1, -0.05) is 18.2 Å². The van der Waals surface area contributed by atoms with Gasteiger partial charge >= 0.3 is 0 Å². The van der Waals surface area contributed by atoms with Gasteiger partial charge in [-0.15, -0.1) is 12.4 Å². The molecule has 6 heteroatoms. The van der Waals surface area contributed by atoms with Crippen LogP contribution in [0.25, 0.3) is 5.69 Å². The Balaban J connectivity index is 0.00000196. The highest BCUT2D eigenvalue weighted by Gasteiger charge is 2.37. The molecule has 5 nitrogen and oxygen atoms in total. The summed E-state index contributed by atoms with van der Waals surface area (Å²) < 4.78 is 1.87. The summed E-state index contributed by atoms with van der Waals surface area (Å²) in [6.07, 6.45) is 8.80. The lowest BCUT2D eigenvalue weighted by molar-refractivity contribution is -0.133. The number of halogens is 1. The molecule has 26 heavy (non-hydrogen) atoms. The molecule has 3 heterocycles. The SMILES string of the molecule is Cl.O=C(CCc1cnn(-c2ccccc2)c1)N1CCC2(CCNC2)CC1. The predicted molar refractivity (Wildman–Crippen MR) is 105 cm³/mol. The number of carbonyl (C=O) groups is 1. The number of nitrogens with one attached hydrogen (secondary N) is 1. The number of amides is 1. The van der Waals surface area contributed by atoms with Crippen LogP contribution in [0.5, 0.6) is 0 Å². The molecule has 1 spiro atoms. The lowest BCUT2D eigenvalue weighted by Gasteiger charge is -2.39. The van der Waals surface area contributed by atoms with Gasteiger partial charge in [0.1, 0.15) is 0 Å². The van der Waals surface area contributed by atoms with Crippen LogP contribution in [0.2, 0.25) is 0 Å². The summed E-state index contributed by atoms with van der Waals surface area (Å²) >= 11 is 0. The van der Waals surface area contributed by atoms with E-state index in [-0.39, 0.29) is 18.3 Å². The van der Waals surface area contributed by atoms with Crippen molar-refractivity contribution in [3.05, 3.63) is 48.3 Å². The van der Waals surface area contributed by atoms with E-state index in [4.69, 9.17) is 0 Å². The maximum atomic E-state index is 12.5. The van der Waals surface area contributed by atoms with Crippen LogP contribution in [0, 0.1) is 5.41 Å². The maximum absolute atomic E-state index is 12.5. The Hall–Kier alpha value is -1.85. The van der Waals surface area contributed by atoms with Crippen molar-refractivity contribution in [3.63, 3.8) is 0 Å². The second kappa shape index (κ2) is 8.23. The van der Waals surface area contributed by atoms with Gasteiger partial charge in [0.25, 0.3) is 0 Å². The first kappa shape index (κ1) is 18.9. The molecule has 1 aromatic heterocycles. The molecular weight excluding hydrogens is 348 g/mol. The van der Waals surface area contributed by atoms with Crippen molar-refractivity contribution in [3.8, 4) is 5.69 Å². The van der Waals surface area contributed by atoms with Gasteiger partial charge < -0.3 is 10.2 Å². The fourth-order valence-electron chi connectivity index (χ4n) is 4.07. The molecule has 140 valence electrons. The average molecular weight is 375 g/mol. The molecule has 2 aliphatic rings. The number of aryl methyl sites for hydroxylation is 1. The molecule has 0 atom stereocenters. The molecular formula is C20H27ClN4O. The molecule has 2 aromatic rings. The summed E-state index contributed by atoms with van der Waals surface area (Å²) in [4.78, 5) is 14.6. The molecule has 1 N–H and O–H groups in total. The van der Waals surface area contributed by atoms with E-state index in [0.29, 0.717) is 11.8 Å². The van der Waals surface area contributed by atoms with E-state index in [1.54, 1.807) is 0 Å². The number of aromatic nitrogens is 2. The largest absolute Gasteiger partial charge is 0.343 e. The highest BCUT2D eigenvalue weighted by atomic mass is 35.5. The Kier molecular flexibility index (Phi) is 5.99. The van der Waals surface area contributed by atoms with Crippen LogP contribution in [0.15, 0.2) is 42.7 Å². The second-order valence-corrected chi connectivity index (χ2v) is 7.44. The van der Waals surface area contributed by atoms with Crippen LogP contribution >= 0.6 is 12.4 Å². The number of carbonyl (C=O) groups excluding carboxylic acids is 1. The van der Waals surface area contributed by atoms with Gasteiger partial charge in [-0.05, 0) is 55.3 Å². The van der Waals surface area contributed by atoms with Crippen LogP contribution in [-0.4, -0.2) is 46.8 Å². The summed E-state index contributed by atoms with van der Waals surface area (Å²) in [7, 11) is 0. The van der Waals surface area contributed by atoms with Crippen molar-refractivity contribution in [2.24, 2.45) is 5.41 Å². The number of para-hydroxylation sites is 1. The van der Waals surface area contributed by atoms with Crippen LogP contribution in [0.1, 0.15) is 31.2 Å². The quantitative estimate of drug-likeness (QED) is 0.895. The molecule has 2 aliphatic heterocycles. The van der Waals surface area contributed by atoms with E-state index >= 15 is 0 Å². The van der Waals surface area contributed by atoms with E-state index in [1.807, 2.05) is 47.4 Å². The normalized spacial score (nSPS) is 18.7. The molecule has 2 saturated heterocycles. The van der Waals surface area contributed by atoms with Crippen molar-refractivity contribution in [1.82, 2.24) is 20.0 Å². The second-order valence-electron chi connectivity index (χ2n) is 7.44. The van der Waals surface area contributed by atoms with Gasteiger partial charge in [0.05, 0.1) is 11.9 Å². The Bertz CT molecular complexity index is 714. The van der Waals surface area contributed by atoms with Gasteiger partial charge in [-0.25, -0.2) is 4.68 Å². The average Bonchev–Trinajstić information content (AvgIpc) is 3.31. The Morgan fingerprint density at radius 1 is 1.15 bits per heavy atom. The van der Waals surface area contributed by atoms with E-state index in [1.165, 1.54) is 6.42 Å². The number of likely N-dealkylation sites (tertiary alicyclic amines) is 1. The van der Waals surface area contributed by atoms with Crippen molar-refractivity contribution in [1.29, 1.82) is 0 Å². The summed E-state index contributed by atoms with van der Waals surface area (Å²) in [5.74, 6) is 0.285. The van der Waals surface area contributed by atoms with Crippen molar-refractivity contribution >= 4 is 18.3 Å². The predicted octanol–water partition coefficient (Wildman–Crippen LogP) is 2.83. The van der Waals surface area contributed by atoms with Crippen LogP contribution < -0.4 is 5.32 Å². The van der Waals surface area contributed by atoms with Gasteiger partial charge in [0.2, 0.25) is 5.91 Å². The maximum Gasteiger partial charge on any atom is 0.222 e. The molecule has 0 unspecified atom stereocenters. The molecule has 1 aromatic carbocycles. The standard InChI is InChI=1S/C20H26N4O.ClH/c25-19(23-12-9-20(10-13-23)8-11-21-16-20)7-6-17-14-22-24(15-17)18-4-2-1-3-5-18;/h1-5,14-15,21H,6-13,16H2;1H. The summed E-state index contributed by atoms with van der Waals surface area (Å²) in [6, 6.07) is 10.1. The number of piperidine rings is 1. The highest BCUT2D eigenvalue weighted by Crippen LogP contribution is 2.37. The van der Waals surface area contributed by atoms with E-state index in [9.17, 15) is 4.79 Å². The minimum Gasteiger partial charge on any atom is -0.343 e. The first-order valence-electron chi connectivity index (χ1n) is 9.32. The topological polar surface area (TPSA) is 50.2 Å². The number of hydrogen-bond donors (Lipinski definition) is 1. The summed E-state index contributed by atoms with van der Waals surface area (Å²) in [5.41, 5.74) is 2.63. The zero-order valence-corrected chi connectivity index (χ0v) is 15.9. The zero-order chi connectivity index (χ0) is 17.1. The lowest BCUT2D eigenvalue weighted by atomic mass is 9.78. The molecule has 4 rings (SSSR count). The Morgan fingerprint density at radius 2 is 1.92 bits per heavy atom. The van der Waals surface area contributed by atoms with Gasteiger partial charge in [-0.3, -0.25) is 4.79 Å². The summed E-state index contributed by atoms with van der Waals surface area (Å²) in [5, 5.41) is 7.89. The molecule has 0 radical (unpaired) electrons. The van der Waals surface area contributed by atoms with Crippen LogP contribution in [0.4, 0.5) is 0 Å². The smallest absolute Gasteiger partial charge is 0.222 e. The van der Waals surface area contributed by atoms with E-state index in [2.05, 4.69) is 15.3 Å². The Labute approximate surface area is 161 Å². The van der Waals surface area contributed by atoms with Crippen LogP contribution in [-0.2, 0) is 11.2 Å².